The van der Waals surface area contributed by atoms with Crippen molar-refractivity contribution in [2.75, 3.05) is 46.4 Å². The largest absolute Gasteiger partial charge is 0.380 e. The lowest BCUT2D eigenvalue weighted by molar-refractivity contribution is 0.104. The van der Waals surface area contributed by atoms with Crippen LogP contribution in [-0.2, 0) is 4.74 Å². The van der Waals surface area contributed by atoms with Crippen molar-refractivity contribution in [1.82, 2.24) is 10.2 Å². The van der Waals surface area contributed by atoms with Crippen molar-refractivity contribution in [2.45, 2.75) is 39.0 Å². The third-order valence-corrected chi connectivity index (χ3v) is 3.30. The van der Waals surface area contributed by atoms with E-state index in [1.54, 1.807) is 0 Å². The van der Waals surface area contributed by atoms with Gasteiger partial charge < -0.3 is 15.0 Å². The molecule has 0 aromatic carbocycles. The summed E-state index contributed by atoms with van der Waals surface area (Å²) in [6, 6.07) is 0. The second kappa shape index (κ2) is 9.86. The second-order valence-electron chi connectivity index (χ2n) is 5.28. The number of rotatable bonds is 12. The third kappa shape index (κ3) is 9.57. The van der Waals surface area contributed by atoms with Crippen LogP contribution in [0.2, 0.25) is 0 Å². The number of nitrogens with one attached hydrogen (secondary N) is 1. The van der Waals surface area contributed by atoms with Gasteiger partial charge in [-0.15, -0.1) is 0 Å². The monoisotopic (exact) mass is 242 g/mol. The van der Waals surface area contributed by atoms with E-state index in [0.29, 0.717) is 0 Å². The summed E-state index contributed by atoms with van der Waals surface area (Å²) in [5.74, 6) is 0.889. The molecule has 1 rings (SSSR count). The normalized spacial score (nSPS) is 15.7. The van der Waals surface area contributed by atoms with Gasteiger partial charge in [-0.2, -0.15) is 0 Å². The molecular weight excluding hydrogens is 212 g/mol. The van der Waals surface area contributed by atoms with Gasteiger partial charge in [-0.05, 0) is 38.8 Å². The molecule has 3 nitrogen and oxygen atoms in total. The first kappa shape index (κ1) is 14.9. The summed E-state index contributed by atoms with van der Waals surface area (Å²) < 4.78 is 5.63. The lowest BCUT2D eigenvalue weighted by atomic mass is 10.2. The molecule has 1 aliphatic rings. The highest BCUT2D eigenvalue weighted by atomic mass is 16.5. The van der Waals surface area contributed by atoms with Gasteiger partial charge in [0.1, 0.15) is 0 Å². The predicted octanol–water partition coefficient (Wildman–Crippen LogP) is 2.12. The molecule has 0 saturated heterocycles. The fraction of sp³-hybridized carbons (Fsp3) is 1.00. The van der Waals surface area contributed by atoms with E-state index in [2.05, 4.69) is 24.2 Å². The molecule has 0 aromatic heterocycles. The molecule has 1 fully saturated rings. The minimum atomic E-state index is 0.889. The average Bonchev–Trinajstić information content (AvgIpc) is 3.13. The Kier molecular flexibility index (Phi) is 8.67. The fourth-order valence-electron chi connectivity index (χ4n) is 1.76. The number of likely N-dealkylation sites (N-methyl/N-ethyl adjacent to an activating group) is 1. The number of hydrogen-bond acceptors (Lipinski definition) is 3. The highest BCUT2D eigenvalue weighted by Crippen LogP contribution is 2.28. The van der Waals surface area contributed by atoms with Crippen molar-refractivity contribution in [3.63, 3.8) is 0 Å². The van der Waals surface area contributed by atoms with Gasteiger partial charge in [-0.1, -0.05) is 19.8 Å². The number of hydrogen-bond donors (Lipinski definition) is 1. The maximum absolute atomic E-state index is 5.63. The molecule has 0 radical (unpaired) electrons. The van der Waals surface area contributed by atoms with Gasteiger partial charge in [0.2, 0.25) is 0 Å². The van der Waals surface area contributed by atoms with Crippen LogP contribution < -0.4 is 5.32 Å². The van der Waals surface area contributed by atoms with Crippen molar-refractivity contribution < 1.29 is 4.74 Å². The summed E-state index contributed by atoms with van der Waals surface area (Å²) in [7, 11) is 2.17. The minimum Gasteiger partial charge on any atom is -0.380 e. The Morgan fingerprint density at radius 1 is 1.18 bits per heavy atom. The molecule has 0 heterocycles. The van der Waals surface area contributed by atoms with Gasteiger partial charge >= 0.3 is 0 Å². The highest BCUT2D eigenvalue weighted by Gasteiger charge is 2.20. The third-order valence-electron chi connectivity index (χ3n) is 3.30. The van der Waals surface area contributed by atoms with Crippen molar-refractivity contribution in [3.05, 3.63) is 0 Å². The molecule has 1 N–H and O–H groups in total. The summed E-state index contributed by atoms with van der Waals surface area (Å²) in [5.41, 5.74) is 0. The van der Waals surface area contributed by atoms with Crippen LogP contribution in [0.1, 0.15) is 39.0 Å². The molecular formula is C14H30N2O. The molecule has 0 aliphatic heterocycles. The number of nitrogens with zero attached hydrogens (tertiary/aromatic N) is 1. The maximum Gasteiger partial charge on any atom is 0.0593 e. The van der Waals surface area contributed by atoms with Crippen molar-refractivity contribution >= 4 is 0 Å². The average molecular weight is 242 g/mol. The van der Waals surface area contributed by atoms with Crippen LogP contribution in [0.15, 0.2) is 0 Å². The van der Waals surface area contributed by atoms with Gasteiger partial charge in [0.25, 0.3) is 0 Å². The summed E-state index contributed by atoms with van der Waals surface area (Å²) in [6.45, 7) is 8.58. The van der Waals surface area contributed by atoms with Gasteiger partial charge in [0.15, 0.2) is 0 Å². The molecule has 3 heteroatoms. The number of unbranched alkanes of at least 4 members (excludes halogenated alkanes) is 2. The zero-order chi connectivity index (χ0) is 12.3. The predicted molar refractivity (Wildman–Crippen MR) is 73.4 cm³/mol. The van der Waals surface area contributed by atoms with Crippen LogP contribution in [0, 0.1) is 5.92 Å². The van der Waals surface area contributed by atoms with Crippen LogP contribution in [0.5, 0.6) is 0 Å². The highest BCUT2D eigenvalue weighted by molar-refractivity contribution is 4.72. The Morgan fingerprint density at radius 3 is 2.71 bits per heavy atom. The smallest absolute Gasteiger partial charge is 0.0593 e. The standard InChI is InChI=1S/C14H30N2O/c1-3-4-5-8-15-9-10-16(2)11-12-17-13-14-6-7-14/h14-15H,3-13H2,1-2H3. The Balaban J connectivity index is 1.75. The zero-order valence-corrected chi connectivity index (χ0v) is 11.7. The Labute approximate surface area is 107 Å². The van der Waals surface area contributed by atoms with Crippen LogP contribution in [0.4, 0.5) is 0 Å². The second-order valence-corrected chi connectivity index (χ2v) is 5.28. The van der Waals surface area contributed by atoms with Gasteiger partial charge in [0.05, 0.1) is 6.61 Å². The van der Waals surface area contributed by atoms with Crippen molar-refractivity contribution in [1.29, 1.82) is 0 Å². The minimum absolute atomic E-state index is 0.889. The molecule has 1 saturated carbocycles. The molecule has 102 valence electrons. The van der Waals surface area contributed by atoms with Gasteiger partial charge in [-0.25, -0.2) is 0 Å². The van der Waals surface area contributed by atoms with E-state index in [1.807, 2.05) is 0 Å². The Hall–Kier alpha value is -0.120. The first-order valence-corrected chi connectivity index (χ1v) is 7.30. The SMILES string of the molecule is CCCCCNCCN(C)CCOCC1CC1. The van der Waals surface area contributed by atoms with Crippen molar-refractivity contribution in [3.8, 4) is 0 Å². The van der Waals surface area contributed by atoms with Crippen molar-refractivity contribution in [2.24, 2.45) is 5.92 Å². The summed E-state index contributed by atoms with van der Waals surface area (Å²) in [5, 5.41) is 3.49. The van der Waals surface area contributed by atoms with Crippen LogP contribution in [0.25, 0.3) is 0 Å². The first-order chi connectivity index (χ1) is 8.33. The topological polar surface area (TPSA) is 24.5 Å². The lowest BCUT2D eigenvalue weighted by Crippen LogP contribution is -2.32. The van der Waals surface area contributed by atoms with Gasteiger partial charge in [-0.3, -0.25) is 0 Å². The molecule has 0 spiro atoms. The van der Waals surface area contributed by atoms with Crippen LogP contribution in [0.3, 0.4) is 0 Å². The summed E-state index contributed by atoms with van der Waals surface area (Å²) in [4.78, 5) is 2.35. The molecule has 0 bridgehead atoms. The van der Waals surface area contributed by atoms with Crippen LogP contribution >= 0.6 is 0 Å². The summed E-state index contributed by atoms with van der Waals surface area (Å²) in [6.07, 6.45) is 6.73. The van der Waals surface area contributed by atoms with E-state index in [4.69, 9.17) is 4.74 Å². The molecule has 0 unspecified atom stereocenters. The van der Waals surface area contributed by atoms with E-state index in [-0.39, 0.29) is 0 Å². The van der Waals surface area contributed by atoms with Crippen LogP contribution in [-0.4, -0.2) is 51.3 Å². The number of ether oxygens (including phenoxy) is 1. The van der Waals surface area contributed by atoms with E-state index < -0.39 is 0 Å². The summed E-state index contributed by atoms with van der Waals surface area (Å²) >= 11 is 0. The van der Waals surface area contributed by atoms with E-state index in [9.17, 15) is 0 Å². The van der Waals surface area contributed by atoms with E-state index in [1.165, 1.54) is 38.6 Å². The first-order valence-electron chi connectivity index (χ1n) is 7.30. The maximum atomic E-state index is 5.63. The molecule has 0 atom stereocenters. The fourth-order valence-corrected chi connectivity index (χ4v) is 1.76. The Morgan fingerprint density at radius 2 is 2.00 bits per heavy atom. The van der Waals surface area contributed by atoms with E-state index in [0.717, 1.165) is 38.8 Å². The molecule has 0 aromatic rings. The van der Waals surface area contributed by atoms with E-state index >= 15 is 0 Å². The molecule has 1 aliphatic carbocycles. The van der Waals surface area contributed by atoms with Gasteiger partial charge in [0, 0.05) is 26.2 Å². The Bertz CT molecular complexity index is 172. The quantitative estimate of drug-likeness (QED) is 0.531. The zero-order valence-electron chi connectivity index (χ0n) is 11.7. The lowest BCUT2D eigenvalue weighted by Gasteiger charge is -2.16. The molecule has 0 amide bonds. The molecule has 17 heavy (non-hydrogen) atoms.